The zero-order valence-electron chi connectivity index (χ0n) is 45.8. The number of aldehydes is 1. The van der Waals surface area contributed by atoms with Crippen LogP contribution < -0.4 is 29.9 Å². The van der Waals surface area contributed by atoms with Gasteiger partial charge < -0.3 is 49.6 Å². The Bertz CT molecular complexity index is 2580. The predicted molar refractivity (Wildman–Crippen MR) is 272 cm³/mol. The number of alkyl halides is 10. The first kappa shape index (κ1) is 64.6. The summed E-state index contributed by atoms with van der Waals surface area (Å²) >= 11 is 0. The largest absolute Gasteiger partial charge is 0.476 e. The molecule has 0 bridgehead atoms. The summed E-state index contributed by atoms with van der Waals surface area (Å²) in [5, 5.41) is 13.2. The molecule has 446 valence electrons. The highest BCUT2D eigenvalue weighted by molar-refractivity contribution is 6.06. The van der Waals surface area contributed by atoms with E-state index in [9.17, 15) is 82.6 Å². The lowest BCUT2D eigenvalue weighted by Gasteiger charge is -2.41. The molecule has 4 aliphatic rings. The number of fused-ring (bicyclic) bond motifs is 2. The average molecular weight is 1150 g/mol. The summed E-state index contributed by atoms with van der Waals surface area (Å²) in [6.07, 6.45) is -9.57. The first-order valence-electron chi connectivity index (χ1n) is 26.5. The Hall–Kier alpha value is -6.21. The molecule has 6 rings (SSSR count). The standard InChI is InChI=1S/C27H36F5N3O5.C27H34F5N3O5/c2*1-15(2)35(17-7-5-16(6-8-17)9-12-36)24(38)18-13-20-21(14-19(18)27(30,31)32)40-26(3,4)25(39)34(20)11-10-33-23(37)22(28)29/h13-17,22,36H,5-12H2,1-4H3,(H,33,37);12-17,22H,5-11H2,1-4H3,(H,33,37). The van der Waals surface area contributed by atoms with E-state index in [0.717, 1.165) is 41.1 Å². The monoisotopic (exact) mass is 1150 g/mol. The van der Waals surface area contributed by atoms with Gasteiger partial charge in [-0.1, -0.05) is 0 Å². The molecule has 0 spiro atoms. The lowest BCUT2D eigenvalue weighted by atomic mass is 9.83. The van der Waals surface area contributed by atoms with E-state index in [2.05, 4.69) is 0 Å². The second-order valence-electron chi connectivity index (χ2n) is 21.9. The maximum atomic E-state index is 14.3. The number of ether oxygens (including phenoxy) is 2. The van der Waals surface area contributed by atoms with Gasteiger partial charge >= 0.3 is 25.2 Å². The highest BCUT2D eigenvalue weighted by Crippen LogP contribution is 2.47. The highest BCUT2D eigenvalue weighted by atomic mass is 19.4. The minimum Gasteiger partial charge on any atom is -0.476 e. The van der Waals surface area contributed by atoms with E-state index in [-0.39, 0.29) is 66.5 Å². The highest BCUT2D eigenvalue weighted by Gasteiger charge is 2.48. The van der Waals surface area contributed by atoms with Crippen molar-refractivity contribution in [2.24, 2.45) is 11.8 Å². The Morgan fingerprint density at radius 3 is 1.29 bits per heavy atom. The van der Waals surface area contributed by atoms with E-state index in [1.165, 1.54) is 37.5 Å². The molecule has 6 amide bonds. The van der Waals surface area contributed by atoms with Crippen LogP contribution in [0, 0.1) is 11.8 Å². The molecule has 2 aliphatic heterocycles. The minimum atomic E-state index is -4.94. The van der Waals surface area contributed by atoms with Crippen molar-refractivity contribution in [3.63, 3.8) is 0 Å². The molecule has 0 saturated heterocycles. The van der Waals surface area contributed by atoms with E-state index in [1.54, 1.807) is 27.7 Å². The summed E-state index contributed by atoms with van der Waals surface area (Å²) in [7, 11) is 0. The van der Waals surface area contributed by atoms with Crippen molar-refractivity contribution in [1.29, 1.82) is 0 Å². The summed E-state index contributed by atoms with van der Waals surface area (Å²) in [5.74, 6) is -6.34. The number of aliphatic hydroxyl groups excluding tert-OH is 1. The van der Waals surface area contributed by atoms with Crippen LogP contribution in [0.1, 0.15) is 151 Å². The number of carbonyl (C=O) groups excluding carboxylic acids is 7. The Balaban J connectivity index is 0.000000294. The third kappa shape index (κ3) is 15.2. The van der Waals surface area contributed by atoms with Crippen molar-refractivity contribution in [1.82, 2.24) is 20.4 Å². The molecule has 0 aromatic heterocycles. The van der Waals surface area contributed by atoms with Gasteiger partial charge in [-0.2, -0.15) is 43.9 Å². The fourth-order valence-electron chi connectivity index (χ4n) is 10.8. The number of benzene rings is 2. The van der Waals surface area contributed by atoms with Crippen LogP contribution in [-0.4, -0.2) is 138 Å². The van der Waals surface area contributed by atoms with E-state index >= 15 is 0 Å². The van der Waals surface area contributed by atoms with Crippen LogP contribution in [0.4, 0.5) is 55.3 Å². The van der Waals surface area contributed by atoms with Crippen LogP contribution in [-0.2, 0) is 36.3 Å². The molecule has 2 saturated carbocycles. The normalized spacial score (nSPS) is 20.7. The van der Waals surface area contributed by atoms with E-state index in [1.807, 2.05) is 10.6 Å². The lowest BCUT2D eigenvalue weighted by Crippen LogP contribution is -2.54. The van der Waals surface area contributed by atoms with Gasteiger partial charge in [0.1, 0.15) is 17.8 Å². The number of hydrogen-bond donors (Lipinski definition) is 3. The van der Waals surface area contributed by atoms with Gasteiger partial charge in [0.2, 0.25) is 0 Å². The molecule has 0 unspecified atom stereocenters. The van der Waals surface area contributed by atoms with Crippen LogP contribution in [0.25, 0.3) is 0 Å². The minimum absolute atomic E-state index is 0.0478. The topological polar surface area (TPSA) is 195 Å². The summed E-state index contributed by atoms with van der Waals surface area (Å²) < 4.78 is 147. The van der Waals surface area contributed by atoms with Gasteiger partial charge in [-0.05, 0) is 149 Å². The molecule has 2 aliphatic carbocycles. The maximum absolute atomic E-state index is 14.3. The zero-order chi connectivity index (χ0) is 60.0. The average Bonchev–Trinajstić information content (AvgIpc) is 3.36. The number of carbonyl (C=O) groups is 7. The third-order valence-electron chi connectivity index (χ3n) is 14.7. The van der Waals surface area contributed by atoms with Crippen LogP contribution >= 0.6 is 0 Å². The Morgan fingerprint density at radius 1 is 0.637 bits per heavy atom. The SMILES string of the molecule is CC(C)N(C(=O)c1cc2c(cc1C(F)(F)F)OC(C)(C)C(=O)N2CCNC(=O)C(F)F)C1CCC(CC=O)CC1.CC(C)N(C(=O)c1cc2c(cc1C(F)(F)F)OC(C)(C)C(=O)N2CCNC(=O)C(F)F)C1CCC(CCO)CC1. The molecular weight excluding hydrogens is 1080 g/mol. The number of halogens is 10. The van der Waals surface area contributed by atoms with Crippen molar-refractivity contribution in [3.8, 4) is 11.5 Å². The molecule has 2 aromatic carbocycles. The fourth-order valence-corrected chi connectivity index (χ4v) is 10.8. The van der Waals surface area contributed by atoms with Crippen molar-refractivity contribution in [3.05, 3.63) is 46.5 Å². The van der Waals surface area contributed by atoms with E-state index in [4.69, 9.17) is 9.47 Å². The first-order valence-corrected chi connectivity index (χ1v) is 26.5. The van der Waals surface area contributed by atoms with Crippen LogP contribution in [0.5, 0.6) is 11.5 Å². The maximum Gasteiger partial charge on any atom is 0.417 e. The number of nitrogens with one attached hydrogen (secondary N) is 2. The summed E-state index contributed by atoms with van der Waals surface area (Å²) in [6.45, 7) is 10.8. The Labute approximate surface area is 457 Å². The summed E-state index contributed by atoms with van der Waals surface area (Å²) in [6, 6.07) is 1.77. The predicted octanol–water partition coefficient (Wildman–Crippen LogP) is 8.97. The molecule has 2 heterocycles. The molecule has 0 atom stereocenters. The van der Waals surface area contributed by atoms with Crippen LogP contribution in [0.2, 0.25) is 0 Å². The Morgan fingerprint density at radius 2 is 0.988 bits per heavy atom. The molecule has 16 nitrogen and oxygen atoms in total. The van der Waals surface area contributed by atoms with Crippen molar-refractivity contribution < 1.29 is 92.0 Å². The van der Waals surface area contributed by atoms with Gasteiger partial charge in [0.25, 0.3) is 35.4 Å². The molecule has 2 fully saturated rings. The number of hydrogen-bond acceptors (Lipinski definition) is 10. The van der Waals surface area contributed by atoms with Gasteiger partial charge in [0, 0.05) is 63.4 Å². The molecule has 80 heavy (non-hydrogen) atoms. The van der Waals surface area contributed by atoms with Crippen molar-refractivity contribution in [2.45, 2.75) is 180 Å². The smallest absolute Gasteiger partial charge is 0.417 e. The molecule has 0 radical (unpaired) electrons. The van der Waals surface area contributed by atoms with Gasteiger partial charge in [0.05, 0.1) is 33.6 Å². The van der Waals surface area contributed by atoms with E-state index in [0.29, 0.717) is 63.5 Å². The summed E-state index contributed by atoms with van der Waals surface area (Å²) in [5.41, 5.74) is -7.22. The third-order valence-corrected chi connectivity index (χ3v) is 14.7. The molecule has 26 heteroatoms. The van der Waals surface area contributed by atoms with Crippen molar-refractivity contribution >= 4 is 53.1 Å². The van der Waals surface area contributed by atoms with Gasteiger partial charge in [-0.25, -0.2) is 0 Å². The first-order chi connectivity index (χ1) is 37.2. The molecule has 2 aromatic rings. The second kappa shape index (κ2) is 26.1. The van der Waals surface area contributed by atoms with Gasteiger partial charge in [-0.15, -0.1) is 0 Å². The molecular formula is C54H70F10N6O10. The number of nitrogens with zero attached hydrogens (tertiary/aromatic N) is 4. The number of anilines is 2. The number of aliphatic hydroxyl groups is 1. The van der Waals surface area contributed by atoms with Crippen LogP contribution in [0.15, 0.2) is 24.3 Å². The van der Waals surface area contributed by atoms with Gasteiger partial charge in [0.15, 0.2) is 11.2 Å². The van der Waals surface area contributed by atoms with Crippen molar-refractivity contribution in [2.75, 3.05) is 42.6 Å². The zero-order valence-corrected chi connectivity index (χ0v) is 45.8. The lowest BCUT2D eigenvalue weighted by molar-refractivity contribution is -0.139. The number of amides is 6. The second-order valence-corrected chi connectivity index (χ2v) is 21.9. The Kier molecular flexibility index (Phi) is 21.1. The van der Waals surface area contributed by atoms with E-state index < -0.39 is 119 Å². The molecule has 3 N–H and O–H groups in total. The van der Waals surface area contributed by atoms with Crippen LogP contribution in [0.3, 0.4) is 0 Å². The van der Waals surface area contributed by atoms with Gasteiger partial charge in [-0.3, -0.25) is 28.8 Å². The quantitative estimate of drug-likeness (QED) is 0.0958. The summed E-state index contributed by atoms with van der Waals surface area (Å²) in [4.78, 5) is 92.4. The fraction of sp³-hybridized carbons (Fsp3) is 0.648. The number of rotatable bonds is 18.